The van der Waals surface area contributed by atoms with Crippen molar-refractivity contribution >= 4 is 15.9 Å². The molecule has 1 aromatic carbocycles. The summed E-state index contributed by atoms with van der Waals surface area (Å²) in [5, 5.41) is 10.6. The maximum atomic E-state index is 10.6. The third kappa shape index (κ3) is 3.94. The fourth-order valence-corrected chi connectivity index (χ4v) is 0.795. The average Bonchev–Trinajstić information content (AvgIpc) is 2.04. The van der Waals surface area contributed by atoms with Crippen LogP contribution in [-0.2, 0) is 0 Å². The molecule has 0 aromatic heterocycles. The Balaban J connectivity index is 0.000001000. The molecular formula is C7H4BrO2Rb. The van der Waals surface area contributed by atoms with Gasteiger partial charge in [0, 0.05) is 4.47 Å². The molecular weight excluding hydrogens is 281 g/mol. The normalized spacial score (nSPS) is 8.45. The molecule has 0 N–H and O–H groups in total. The van der Waals surface area contributed by atoms with Crippen molar-refractivity contribution in [2.45, 2.75) is 0 Å². The Labute approximate surface area is 122 Å². The third-order valence-corrected chi connectivity index (χ3v) is 1.56. The summed E-state index contributed by atoms with van der Waals surface area (Å²) in [7, 11) is 0. The van der Waals surface area contributed by atoms with Crippen molar-refractivity contribution in [2.24, 2.45) is 0 Å². The first kappa shape index (κ1) is 12.0. The van der Waals surface area contributed by atoms with Gasteiger partial charge < -0.3 is 5.11 Å². The van der Waals surface area contributed by atoms with Gasteiger partial charge in [0.15, 0.2) is 5.43 Å². The Bertz CT molecular complexity index is 301. The van der Waals surface area contributed by atoms with Gasteiger partial charge in [-0.05, 0) is 18.2 Å². The second kappa shape index (κ2) is 5.59. The van der Waals surface area contributed by atoms with Crippen LogP contribution >= 0.6 is 15.9 Å². The fourth-order valence-electron chi connectivity index (χ4n) is 0.530. The van der Waals surface area contributed by atoms with Gasteiger partial charge in [0.2, 0.25) is 0 Å². The molecule has 0 atom stereocenters. The standard InChI is InChI=1S/C7H5BrO2.Rb/c8-5-1-3-6(9)7(10)4-2-5;/h1-4H,(H,9,10);/q;+1/p-1. The molecule has 2 nitrogen and oxygen atoms in total. The number of hydrogen-bond donors (Lipinski definition) is 0. The van der Waals surface area contributed by atoms with E-state index in [0.29, 0.717) is 0 Å². The largest absolute Gasteiger partial charge is 1.00 e. The predicted molar refractivity (Wildman–Crippen MR) is 39.9 cm³/mol. The molecule has 0 bridgehead atoms. The molecule has 11 heavy (non-hydrogen) atoms. The smallest absolute Gasteiger partial charge is 0.870 e. The SMILES string of the molecule is O=c1ccc(Br)ccc1[O-].[Rb+]. The van der Waals surface area contributed by atoms with Crippen molar-refractivity contribution in [1.82, 2.24) is 0 Å². The Morgan fingerprint density at radius 2 is 1.73 bits per heavy atom. The fraction of sp³-hybridized carbons (Fsp3) is 0. The Kier molecular flexibility index (Phi) is 6.09. The van der Waals surface area contributed by atoms with Gasteiger partial charge in [-0.15, -0.1) is 0 Å². The van der Waals surface area contributed by atoms with E-state index < -0.39 is 11.2 Å². The summed E-state index contributed by atoms with van der Waals surface area (Å²) in [5.41, 5.74) is -0.481. The van der Waals surface area contributed by atoms with Crippen molar-refractivity contribution in [1.29, 1.82) is 0 Å². The summed E-state index contributed by atoms with van der Waals surface area (Å²) in [6, 6.07) is 5.58. The number of halogens is 1. The van der Waals surface area contributed by atoms with Crippen LogP contribution in [0.2, 0.25) is 0 Å². The van der Waals surface area contributed by atoms with Crippen molar-refractivity contribution in [3.8, 4) is 5.75 Å². The summed E-state index contributed by atoms with van der Waals surface area (Å²) >= 11 is 3.13. The molecule has 1 rings (SSSR count). The molecule has 0 amide bonds. The summed E-state index contributed by atoms with van der Waals surface area (Å²) in [6.45, 7) is 0. The first-order valence-electron chi connectivity index (χ1n) is 2.67. The Morgan fingerprint density at radius 3 is 2.36 bits per heavy atom. The van der Waals surface area contributed by atoms with Crippen LogP contribution in [0.1, 0.15) is 0 Å². The van der Waals surface area contributed by atoms with Gasteiger partial charge in [-0.1, -0.05) is 27.7 Å². The Morgan fingerprint density at radius 1 is 1.18 bits per heavy atom. The van der Waals surface area contributed by atoms with Crippen molar-refractivity contribution in [3.05, 3.63) is 39.0 Å². The maximum Gasteiger partial charge on any atom is 1.00 e. The first-order valence-corrected chi connectivity index (χ1v) is 3.46. The molecule has 0 spiro atoms. The van der Waals surface area contributed by atoms with E-state index in [1.54, 1.807) is 12.1 Å². The monoisotopic (exact) mass is 284 g/mol. The van der Waals surface area contributed by atoms with E-state index in [1.807, 2.05) is 0 Å². The summed E-state index contributed by atoms with van der Waals surface area (Å²) in [4.78, 5) is 10.6. The zero-order valence-electron chi connectivity index (χ0n) is 6.00. The molecule has 4 heteroatoms. The minimum atomic E-state index is -0.481. The molecule has 0 aliphatic carbocycles. The maximum absolute atomic E-state index is 10.6. The van der Waals surface area contributed by atoms with E-state index in [0.717, 1.165) is 4.47 Å². The van der Waals surface area contributed by atoms with E-state index in [9.17, 15) is 9.90 Å². The minimum Gasteiger partial charge on any atom is -0.870 e. The van der Waals surface area contributed by atoms with Crippen molar-refractivity contribution in [2.75, 3.05) is 0 Å². The van der Waals surface area contributed by atoms with Crippen molar-refractivity contribution < 1.29 is 63.3 Å². The van der Waals surface area contributed by atoms with Crippen LogP contribution in [0.4, 0.5) is 0 Å². The molecule has 0 saturated heterocycles. The van der Waals surface area contributed by atoms with Gasteiger partial charge in [0.05, 0.1) is 0 Å². The van der Waals surface area contributed by atoms with Crippen LogP contribution in [0.5, 0.6) is 5.75 Å². The van der Waals surface area contributed by atoms with Gasteiger partial charge >= 0.3 is 58.2 Å². The van der Waals surface area contributed by atoms with Gasteiger partial charge in [0.1, 0.15) is 0 Å². The number of hydrogen-bond acceptors (Lipinski definition) is 2. The molecule has 0 saturated carbocycles. The van der Waals surface area contributed by atoms with E-state index in [2.05, 4.69) is 15.9 Å². The Hall–Kier alpha value is 0.975. The molecule has 1 aromatic rings. The molecule has 0 heterocycles. The van der Waals surface area contributed by atoms with Gasteiger partial charge in [-0.25, -0.2) is 0 Å². The van der Waals surface area contributed by atoms with Crippen LogP contribution in [0.15, 0.2) is 33.5 Å². The van der Waals surface area contributed by atoms with E-state index >= 15 is 0 Å². The van der Waals surface area contributed by atoms with Crippen LogP contribution in [0.25, 0.3) is 0 Å². The molecule has 0 radical (unpaired) electrons. The van der Waals surface area contributed by atoms with Crippen LogP contribution in [0, 0.1) is 0 Å². The van der Waals surface area contributed by atoms with Gasteiger partial charge in [0.25, 0.3) is 0 Å². The molecule has 0 aliphatic heterocycles. The zero-order chi connectivity index (χ0) is 7.56. The molecule has 0 aliphatic rings. The topological polar surface area (TPSA) is 40.1 Å². The molecule has 0 unspecified atom stereocenters. The van der Waals surface area contributed by atoms with Gasteiger partial charge in [-0.3, -0.25) is 4.79 Å². The summed E-state index contributed by atoms with van der Waals surface area (Å²) in [6.07, 6.45) is 0. The second-order valence-electron chi connectivity index (χ2n) is 1.78. The van der Waals surface area contributed by atoms with E-state index in [1.165, 1.54) is 12.1 Å². The molecule has 52 valence electrons. The van der Waals surface area contributed by atoms with Gasteiger partial charge in [-0.2, -0.15) is 0 Å². The summed E-state index contributed by atoms with van der Waals surface area (Å²) in [5.74, 6) is -0.481. The van der Waals surface area contributed by atoms with Crippen molar-refractivity contribution in [3.63, 3.8) is 0 Å². The first-order chi connectivity index (χ1) is 4.70. The minimum absolute atomic E-state index is 0. The van der Waals surface area contributed by atoms with Crippen LogP contribution in [-0.4, -0.2) is 0 Å². The third-order valence-electron chi connectivity index (χ3n) is 1.03. The van der Waals surface area contributed by atoms with Crippen LogP contribution < -0.4 is 68.7 Å². The summed E-state index contributed by atoms with van der Waals surface area (Å²) < 4.78 is 0.728. The second-order valence-corrected chi connectivity index (χ2v) is 2.70. The predicted octanol–water partition coefficient (Wildman–Crippen LogP) is -2.11. The number of rotatable bonds is 0. The van der Waals surface area contributed by atoms with E-state index in [-0.39, 0.29) is 58.2 Å². The van der Waals surface area contributed by atoms with E-state index in [4.69, 9.17) is 0 Å². The zero-order valence-corrected chi connectivity index (χ0v) is 12.5. The van der Waals surface area contributed by atoms with Crippen LogP contribution in [0.3, 0.4) is 0 Å². The average molecular weight is 285 g/mol. The molecule has 0 fully saturated rings. The quantitative estimate of drug-likeness (QED) is 0.547.